The molecule has 25 heavy (non-hydrogen) atoms. The summed E-state index contributed by atoms with van der Waals surface area (Å²) in [4.78, 5) is 12.2. The summed E-state index contributed by atoms with van der Waals surface area (Å²) < 4.78 is 11.2. The molecule has 0 aliphatic heterocycles. The molecule has 1 heterocycles. The van der Waals surface area contributed by atoms with Gasteiger partial charge in [-0.3, -0.25) is 0 Å². The minimum atomic E-state index is -0.622. The Morgan fingerprint density at radius 1 is 1.24 bits per heavy atom. The van der Waals surface area contributed by atoms with E-state index in [1.54, 1.807) is 19.1 Å². The summed E-state index contributed by atoms with van der Waals surface area (Å²) in [6.45, 7) is 3.84. The number of hydrogen-bond donors (Lipinski definition) is 1. The van der Waals surface area contributed by atoms with Gasteiger partial charge in [-0.25, -0.2) is 4.79 Å². The lowest BCUT2D eigenvalue weighted by Crippen LogP contribution is -2.16. The van der Waals surface area contributed by atoms with Crippen molar-refractivity contribution in [3.63, 3.8) is 0 Å². The summed E-state index contributed by atoms with van der Waals surface area (Å²) in [6.07, 6.45) is -0.378. The Morgan fingerprint density at radius 2 is 1.96 bits per heavy atom. The first kappa shape index (κ1) is 17.5. The normalized spacial score (nSPS) is 12.3. The number of hydrogen-bond acceptors (Lipinski definition) is 4. The Hall–Kier alpha value is -2.30. The van der Waals surface area contributed by atoms with Gasteiger partial charge in [0.1, 0.15) is 17.9 Å². The molecular weight excluding hydrogens is 340 g/mol. The Balaban J connectivity index is 1.97. The Morgan fingerprint density at radius 3 is 2.64 bits per heavy atom. The van der Waals surface area contributed by atoms with Crippen LogP contribution in [-0.4, -0.2) is 11.2 Å². The predicted molar refractivity (Wildman–Crippen MR) is 98.4 cm³/mol. The number of fused-ring (bicyclic) bond motifs is 1. The molecule has 0 bridgehead atoms. The van der Waals surface area contributed by atoms with Crippen LogP contribution in [-0.2, 0) is 13.0 Å². The number of benzene rings is 2. The molecule has 0 spiro atoms. The molecule has 4 nitrogen and oxygen atoms in total. The fraction of sp³-hybridized carbons (Fsp3) is 0.250. The van der Waals surface area contributed by atoms with E-state index in [2.05, 4.69) is 0 Å². The number of aliphatic hydroxyl groups excluding tert-OH is 1. The number of aliphatic hydroxyl groups is 1. The van der Waals surface area contributed by atoms with Crippen molar-refractivity contribution in [3.8, 4) is 5.75 Å². The molecule has 1 aromatic heterocycles. The van der Waals surface area contributed by atoms with E-state index in [0.29, 0.717) is 28.5 Å². The van der Waals surface area contributed by atoms with Crippen molar-refractivity contribution in [3.05, 3.63) is 74.6 Å². The number of rotatable bonds is 5. The summed E-state index contributed by atoms with van der Waals surface area (Å²) in [5.41, 5.74) is 2.23. The summed E-state index contributed by atoms with van der Waals surface area (Å²) in [6, 6.07) is 13.1. The molecule has 1 N–H and O–H groups in total. The monoisotopic (exact) mass is 358 g/mol. The molecule has 0 unspecified atom stereocenters. The molecule has 0 radical (unpaired) electrons. The van der Waals surface area contributed by atoms with Crippen molar-refractivity contribution in [2.45, 2.75) is 33.0 Å². The fourth-order valence-corrected chi connectivity index (χ4v) is 2.99. The van der Waals surface area contributed by atoms with Crippen LogP contribution in [0.4, 0.5) is 0 Å². The SMILES string of the molecule is Cc1c(C[C@H](C)O)c(=O)oc2cc(OCc3ccccc3)c(Cl)cc12. The molecule has 1 atom stereocenters. The first-order valence-electron chi connectivity index (χ1n) is 8.06. The Bertz CT molecular complexity index is 945. The number of ether oxygens (including phenoxy) is 1. The molecule has 0 amide bonds. The summed E-state index contributed by atoms with van der Waals surface area (Å²) >= 11 is 6.35. The third-order valence-electron chi connectivity index (χ3n) is 4.08. The zero-order valence-electron chi connectivity index (χ0n) is 14.1. The predicted octanol–water partition coefficient (Wildman–Crippen LogP) is 4.26. The molecule has 0 aliphatic carbocycles. The van der Waals surface area contributed by atoms with Crippen molar-refractivity contribution in [1.29, 1.82) is 0 Å². The van der Waals surface area contributed by atoms with E-state index >= 15 is 0 Å². The van der Waals surface area contributed by atoms with E-state index in [4.69, 9.17) is 20.8 Å². The van der Waals surface area contributed by atoms with Gasteiger partial charge in [-0.15, -0.1) is 0 Å². The second-order valence-corrected chi connectivity index (χ2v) is 6.51. The van der Waals surface area contributed by atoms with E-state index in [0.717, 1.165) is 16.5 Å². The van der Waals surface area contributed by atoms with Crippen LogP contribution in [0.3, 0.4) is 0 Å². The topological polar surface area (TPSA) is 59.7 Å². The van der Waals surface area contributed by atoms with Crippen LogP contribution < -0.4 is 10.4 Å². The summed E-state index contributed by atoms with van der Waals surface area (Å²) in [7, 11) is 0. The number of halogens is 1. The van der Waals surface area contributed by atoms with Gasteiger partial charge >= 0.3 is 5.63 Å². The maximum Gasteiger partial charge on any atom is 0.339 e. The van der Waals surface area contributed by atoms with Gasteiger partial charge in [-0.2, -0.15) is 0 Å². The standard InChI is InChI=1S/C20H19ClO4/c1-12(22)8-16-13(2)15-9-17(21)19(10-18(15)25-20(16)23)24-11-14-6-4-3-5-7-14/h3-7,9-10,12,22H,8,11H2,1-2H3/t12-/m0/s1. The third-order valence-corrected chi connectivity index (χ3v) is 4.37. The van der Waals surface area contributed by atoms with Crippen LogP contribution in [0, 0.1) is 6.92 Å². The van der Waals surface area contributed by atoms with Gasteiger partial charge in [0, 0.05) is 23.4 Å². The molecule has 5 heteroatoms. The fourth-order valence-electron chi connectivity index (χ4n) is 2.77. The van der Waals surface area contributed by atoms with E-state index < -0.39 is 11.7 Å². The zero-order valence-corrected chi connectivity index (χ0v) is 14.8. The maximum atomic E-state index is 12.2. The smallest absolute Gasteiger partial charge is 0.339 e. The van der Waals surface area contributed by atoms with Crippen molar-refractivity contribution in [2.75, 3.05) is 0 Å². The summed E-state index contributed by atoms with van der Waals surface area (Å²) in [5, 5.41) is 10.8. The van der Waals surface area contributed by atoms with Crippen molar-refractivity contribution in [2.24, 2.45) is 0 Å². The Labute approximate surface area is 150 Å². The molecule has 0 aliphatic rings. The highest BCUT2D eigenvalue weighted by molar-refractivity contribution is 6.32. The van der Waals surface area contributed by atoms with Crippen LogP contribution in [0.1, 0.15) is 23.6 Å². The van der Waals surface area contributed by atoms with Gasteiger partial charge in [-0.1, -0.05) is 41.9 Å². The quantitative estimate of drug-likeness (QED) is 0.692. The van der Waals surface area contributed by atoms with Gasteiger partial charge < -0.3 is 14.3 Å². The average molecular weight is 359 g/mol. The molecule has 130 valence electrons. The minimum absolute atomic E-state index is 0.244. The second kappa shape index (κ2) is 7.30. The third kappa shape index (κ3) is 3.86. The molecular formula is C20H19ClO4. The minimum Gasteiger partial charge on any atom is -0.487 e. The first-order valence-corrected chi connectivity index (χ1v) is 8.44. The van der Waals surface area contributed by atoms with Crippen molar-refractivity contribution in [1.82, 2.24) is 0 Å². The van der Waals surface area contributed by atoms with Crippen LogP contribution in [0.15, 0.2) is 51.7 Å². The van der Waals surface area contributed by atoms with Crippen LogP contribution in [0.25, 0.3) is 11.0 Å². The molecule has 0 fully saturated rings. The van der Waals surface area contributed by atoms with Crippen molar-refractivity contribution >= 4 is 22.6 Å². The lowest BCUT2D eigenvalue weighted by Gasteiger charge is -2.12. The van der Waals surface area contributed by atoms with Gasteiger partial charge in [0.2, 0.25) is 0 Å². The lowest BCUT2D eigenvalue weighted by atomic mass is 10.0. The van der Waals surface area contributed by atoms with Crippen LogP contribution in [0.5, 0.6) is 5.75 Å². The lowest BCUT2D eigenvalue weighted by molar-refractivity contribution is 0.194. The van der Waals surface area contributed by atoms with E-state index in [9.17, 15) is 9.90 Å². The highest BCUT2D eigenvalue weighted by atomic mass is 35.5. The second-order valence-electron chi connectivity index (χ2n) is 6.10. The van der Waals surface area contributed by atoms with Gasteiger partial charge in [0.15, 0.2) is 0 Å². The molecule has 0 saturated carbocycles. The molecule has 3 aromatic rings. The van der Waals surface area contributed by atoms with E-state index in [-0.39, 0.29) is 6.42 Å². The highest BCUT2D eigenvalue weighted by Gasteiger charge is 2.15. The number of aryl methyl sites for hydroxylation is 1. The first-order chi connectivity index (χ1) is 12.0. The van der Waals surface area contributed by atoms with E-state index in [1.807, 2.05) is 37.3 Å². The Kier molecular flexibility index (Phi) is 5.11. The van der Waals surface area contributed by atoms with E-state index in [1.165, 1.54) is 0 Å². The van der Waals surface area contributed by atoms with Gasteiger partial charge in [-0.05, 0) is 31.0 Å². The highest BCUT2D eigenvalue weighted by Crippen LogP contribution is 2.32. The van der Waals surface area contributed by atoms with Gasteiger partial charge in [0.05, 0.1) is 11.1 Å². The largest absolute Gasteiger partial charge is 0.487 e. The molecule has 3 rings (SSSR count). The van der Waals surface area contributed by atoms with Crippen molar-refractivity contribution < 1.29 is 14.3 Å². The van der Waals surface area contributed by atoms with Crippen LogP contribution in [0.2, 0.25) is 5.02 Å². The molecule has 2 aromatic carbocycles. The van der Waals surface area contributed by atoms with Gasteiger partial charge in [0.25, 0.3) is 0 Å². The molecule has 0 saturated heterocycles. The average Bonchev–Trinajstić information content (AvgIpc) is 2.58. The summed E-state index contributed by atoms with van der Waals surface area (Å²) in [5.74, 6) is 0.462. The maximum absolute atomic E-state index is 12.2. The zero-order chi connectivity index (χ0) is 18.0. The van der Waals surface area contributed by atoms with Crippen LogP contribution >= 0.6 is 11.6 Å².